The molecule has 57 heavy (non-hydrogen) atoms. The summed E-state index contributed by atoms with van der Waals surface area (Å²) in [5, 5.41) is 6.87. The van der Waals surface area contributed by atoms with Crippen LogP contribution in [0.15, 0.2) is 205 Å². The smallest absolute Gasteiger partial charge is 0.164 e. The first-order chi connectivity index (χ1) is 28.2. The predicted octanol–water partition coefficient (Wildman–Crippen LogP) is 14.1. The number of hydrogen-bond acceptors (Lipinski definition) is 4. The number of hydrogen-bond donors (Lipinski definition) is 0. The molecule has 0 atom stereocenters. The van der Waals surface area contributed by atoms with Crippen LogP contribution in [0, 0.1) is 0 Å². The van der Waals surface area contributed by atoms with E-state index in [-0.39, 0.29) is 0 Å². The van der Waals surface area contributed by atoms with Gasteiger partial charge < -0.3 is 4.42 Å². The maximum Gasteiger partial charge on any atom is 0.164 e. The van der Waals surface area contributed by atoms with Gasteiger partial charge in [0.2, 0.25) is 0 Å². The Balaban J connectivity index is 1.02. The first kappa shape index (κ1) is 32.7. The zero-order valence-electron chi connectivity index (χ0n) is 30.8. The number of furan rings is 1. The molecule has 11 aromatic rings. The molecule has 0 aliphatic heterocycles. The van der Waals surface area contributed by atoms with Crippen LogP contribution in [-0.2, 0) is 0 Å². The fraction of sp³-hybridized carbons (Fsp3) is 0. The quantitative estimate of drug-likeness (QED) is 0.171. The molecule has 0 amide bonds. The normalized spacial score (nSPS) is 11.5. The molecule has 2 aromatic heterocycles. The van der Waals surface area contributed by atoms with Gasteiger partial charge in [0, 0.05) is 27.5 Å². The van der Waals surface area contributed by atoms with Crippen LogP contribution < -0.4 is 0 Å². The van der Waals surface area contributed by atoms with Crippen molar-refractivity contribution in [2.45, 2.75) is 0 Å². The summed E-state index contributed by atoms with van der Waals surface area (Å²) in [6, 6.07) is 69.9. The topological polar surface area (TPSA) is 51.8 Å². The minimum Gasteiger partial charge on any atom is -0.456 e. The molecule has 2 heterocycles. The van der Waals surface area contributed by atoms with Gasteiger partial charge in [0.25, 0.3) is 0 Å². The highest BCUT2D eigenvalue weighted by Gasteiger charge is 2.18. The van der Waals surface area contributed by atoms with Gasteiger partial charge in [-0.15, -0.1) is 0 Å². The molecule has 0 N–H and O–H groups in total. The lowest BCUT2D eigenvalue weighted by Gasteiger charge is -2.13. The standard InChI is InChI=1S/C53H33N3O/c1-2-13-34(14-3-1)42-20-6-7-21-45(42)52-54-51(55-53(56-52)46-24-11-16-35-15-4-5-19-43(35)46)41-18-10-17-36(33-41)37-27-28-39-32-40(30-29-38(39)31-37)44-23-12-26-49-50(44)47-22-8-9-25-48(47)57-49/h1-33H. The van der Waals surface area contributed by atoms with Crippen LogP contribution in [0.2, 0.25) is 0 Å². The molecule has 11 rings (SSSR count). The third-order valence-electron chi connectivity index (χ3n) is 10.9. The maximum atomic E-state index is 6.19. The zero-order valence-corrected chi connectivity index (χ0v) is 30.8. The van der Waals surface area contributed by atoms with Crippen molar-refractivity contribution in [3.8, 4) is 67.5 Å². The lowest BCUT2D eigenvalue weighted by Crippen LogP contribution is -2.01. The molecule has 9 aromatic carbocycles. The van der Waals surface area contributed by atoms with Gasteiger partial charge in [-0.05, 0) is 85.3 Å². The molecule has 0 aliphatic rings. The van der Waals surface area contributed by atoms with Crippen molar-refractivity contribution in [2.24, 2.45) is 0 Å². The van der Waals surface area contributed by atoms with Crippen molar-refractivity contribution in [1.29, 1.82) is 0 Å². The molecule has 0 radical (unpaired) electrons. The second-order valence-corrected chi connectivity index (χ2v) is 14.4. The van der Waals surface area contributed by atoms with Gasteiger partial charge in [-0.1, -0.05) is 170 Å². The minimum atomic E-state index is 0.624. The maximum absolute atomic E-state index is 6.19. The average Bonchev–Trinajstić information content (AvgIpc) is 3.68. The van der Waals surface area contributed by atoms with Crippen LogP contribution in [0.25, 0.3) is 111 Å². The minimum absolute atomic E-state index is 0.624. The summed E-state index contributed by atoms with van der Waals surface area (Å²) in [4.78, 5) is 15.6. The molecular formula is C53H33N3O. The van der Waals surface area contributed by atoms with E-state index in [0.29, 0.717) is 17.5 Å². The summed E-state index contributed by atoms with van der Waals surface area (Å²) in [7, 11) is 0. The van der Waals surface area contributed by atoms with E-state index in [1.165, 1.54) is 16.3 Å². The van der Waals surface area contributed by atoms with Crippen molar-refractivity contribution in [2.75, 3.05) is 0 Å². The summed E-state index contributed by atoms with van der Waals surface area (Å²) in [5.41, 5.74) is 11.4. The first-order valence-electron chi connectivity index (χ1n) is 19.2. The number of aromatic nitrogens is 3. The molecule has 0 fully saturated rings. The Labute approximate surface area is 329 Å². The third-order valence-corrected chi connectivity index (χ3v) is 10.9. The van der Waals surface area contributed by atoms with Crippen LogP contribution in [-0.4, -0.2) is 15.0 Å². The molecule has 0 bridgehead atoms. The zero-order chi connectivity index (χ0) is 37.7. The van der Waals surface area contributed by atoms with E-state index >= 15 is 0 Å². The number of rotatable bonds is 6. The highest BCUT2D eigenvalue weighted by atomic mass is 16.3. The van der Waals surface area contributed by atoms with Crippen LogP contribution in [0.1, 0.15) is 0 Å². The van der Waals surface area contributed by atoms with Crippen LogP contribution in [0.5, 0.6) is 0 Å². The highest BCUT2D eigenvalue weighted by molar-refractivity contribution is 6.13. The van der Waals surface area contributed by atoms with Crippen LogP contribution in [0.3, 0.4) is 0 Å². The fourth-order valence-corrected chi connectivity index (χ4v) is 8.16. The summed E-state index contributed by atoms with van der Waals surface area (Å²) in [6.45, 7) is 0. The predicted molar refractivity (Wildman–Crippen MR) is 235 cm³/mol. The molecule has 4 heteroatoms. The average molecular weight is 728 g/mol. The van der Waals surface area contributed by atoms with Gasteiger partial charge in [-0.25, -0.2) is 15.0 Å². The van der Waals surface area contributed by atoms with Crippen molar-refractivity contribution in [3.05, 3.63) is 200 Å². The Kier molecular flexibility index (Phi) is 7.78. The summed E-state index contributed by atoms with van der Waals surface area (Å²) in [5.74, 6) is 1.90. The van der Waals surface area contributed by atoms with Crippen molar-refractivity contribution < 1.29 is 4.42 Å². The second kappa shape index (κ2) is 13.6. The van der Waals surface area contributed by atoms with Gasteiger partial charge >= 0.3 is 0 Å². The number of benzene rings is 9. The monoisotopic (exact) mass is 727 g/mol. The molecular weight excluding hydrogens is 695 g/mol. The van der Waals surface area contributed by atoms with Gasteiger partial charge in [-0.2, -0.15) is 0 Å². The van der Waals surface area contributed by atoms with Crippen LogP contribution >= 0.6 is 0 Å². The lowest BCUT2D eigenvalue weighted by atomic mass is 9.95. The fourth-order valence-electron chi connectivity index (χ4n) is 8.16. The largest absolute Gasteiger partial charge is 0.456 e. The first-order valence-corrected chi connectivity index (χ1v) is 19.2. The SMILES string of the molecule is c1ccc(-c2ccccc2-c2nc(-c3cccc(-c4ccc5cc(-c6cccc7oc8ccccc8c67)ccc5c4)c3)nc(-c3cccc4ccccc34)n2)cc1. The Morgan fingerprint density at radius 1 is 0.281 bits per heavy atom. The van der Waals surface area contributed by atoms with E-state index in [4.69, 9.17) is 19.4 Å². The second-order valence-electron chi connectivity index (χ2n) is 14.4. The van der Waals surface area contributed by atoms with Gasteiger partial charge in [-0.3, -0.25) is 0 Å². The molecule has 0 spiro atoms. The van der Waals surface area contributed by atoms with E-state index in [1.807, 2.05) is 30.3 Å². The van der Waals surface area contributed by atoms with E-state index in [9.17, 15) is 0 Å². The van der Waals surface area contributed by atoms with E-state index in [1.54, 1.807) is 0 Å². The Hall–Kier alpha value is -7.69. The molecule has 0 unspecified atom stereocenters. The number of para-hydroxylation sites is 1. The molecule has 4 nitrogen and oxygen atoms in total. The molecule has 0 aliphatic carbocycles. The Morgan fingerprint density at radius 3 is 1.70 bits per heavy atom. The third kappa shape index (κ3) is 5.83. The molecule has 266 valence electrons. The summed E-state index contributed by atoms with van der Waals surface area (Å²) < 4.78 is 6.19. The van der Waals surface area contributed by atoms with Gasteiger partial charge in [0.1, 0.15) is 11.2 Å². The van der Waals surface area contributed by atoms with Crippen molar-refractivity contribution in [1.82, 2.24) is 15.0 Å². The van der Waals surface area contributed by atoms with Crippen molar-refractivity contribution in [3.63, 3.8) is 0 Å². The van der Waals surface area contributed by atoms with Gasteiger partial charge in [0.05, 0.1) is 0 Å². The highest BCUT2D eigenvalue weighted by Crippen LogP contribution is 2.39. The molecule has 0 saturated carbocycles. The van der Waals surface area contributed by atoms with Crippen molar-refractivity contribution >= 4 is 43.5 Å². The van der Waals surface area contributed by atoms with Gasteiger partial charge in [0.15, 0.2) is 17.5 Å². The summed E-state index contributed by atoms with van der Waals surface area (Å²) in [6.07, 6.45) is 0. The van der Waals surface area contributed by atoms with E-state index in [0.717, 1.165) is 77.2 Å². The Bertz CT molecular complexity index is 3310. The Morgan fingerprint density at radius 2 is 0.825 bits per heavy atom. The van der Waals surface area contributed by atoms with E-state index in [2.05, 4.69) is 170 Å². The van der Waals surface area contributed by atoms with E-state index < -0.39 is 0 Å². The molecule has 0 saturated heterocycles. The van der Waals surface area contributed by atoms with Crippen LogP contribution in [0.4, 0.5) is 0 Å². The summed E-state index contributed by atoms with van der Waals surface area (Å²) >= 11 is 0. The number of nitrogens with zero attached hydrogens (tertiary/aromatic N) is 3. The number of fused-ring (bicyclic) bond motifs is 5. The lowest BCUT2D eigenvalue weighted by molar-refractivity contribution is 0.669.